The first-order valence-electron chi connectivity index (χ1n) is 14.0. The summed E-state index contributed by atoms with van der Waals surface area (Å²) >= 11 is 13.3. The van der Waals surface area contributed by atoms with Crippen molar-refractivity contribution < 1.29 is 26.0 Å². The molecule has 4 aromatic rings. The SMILES string of the molecule is O=C1[C@@H](N2CCCC(c3cc(Cl)cc(Cl)c3)C2)CCN1c1ccc(S(=O)(=O)N(c2nccs2)S(=O)(=O)c2ccc(F)cc2)cc1. The highest BCUT2D eigenvalue weighted by molar-refractivity contribution is 8.10. The molecule has 2 aliphatic heterocycles. The van der Waals surface area contributed by atoms with Crippen molar-refractivity contribution in [3.8, 4) is 0 Å². The van der Waals surface area contributed by atoms with Crippen LogP contribution in [0.3, 0.4) is 0 Å². The van der Waals surface area contributed by atoms with Crippen LogP contribution in [0.4, 0.5) is 15.2 Å². The number of hydrogen-bond donors (Lipinski definition) is 0. The lowest BCUT2D eigenvalue weighted by Gasteiger charge is -2.36. The molecule has 0 aliphatic carbocycles. The van der Waals surface area contributed by atoms with E-state index in [0.717, 1.165) is 60.6 Å². The van der Waals surface area contributed by atoms with Crippen molar-refractivity contribution in [2.75, 3.05) is 28.2 Å². The van der Waals surface area contributed by atoms with Gasteiger partial charge in [0.1, 0.15) is 5.82 Å². The molecule has 1 aromatic heterocycles. The molecule has 1 amide bonds. The molecule has 45 heavy (non-hydrogen) atoms. The van der Waals surface area contributed by atoms with E-state index >= 15 is 0 Å². The van der Waals surface area contributed by atoms with Crippen LogP contribution in [0.15, 0.2) is 88.1 Å². The summed E-state index contributed by atoms with van der Waals surface area (Å²) in [6.07, 6.45) is 3.77. The molecule has 0 saturated carbocycles. The normalized spacial score (nSPS) is 19.6. The smallest absolute Gasteiger partial charge is 0.279 e. The molecular weight excluding hydrogens is 682 g/mol. The van der Waals surface area contributed by atoms with Crippen molar-refractivity contribution in [1.29, 1.82) is 0 Å². The number of likely N-dealkylation sites (tertiary alicyclic amines) is 1. The van der Waals surface area contributed by atoms with Crippen LogP contribution in [0.1, 0.15) is 30.7 Å². The van der Waals surface area contributed by atoms with Crippen molar-refractivity contribution in [3.63, 3.8) is 0 Å². The molecular formula is C30H27Cl2FN4O5S3. The van der Waals surface area contributed by atoms with E-state index in [4.69, 9.17) is 23.2 Å². The predicted octanol–water partition coefficient (Wildman–Crippen LogP) is 6.16. The quantitative estimate of drug-likeness (QED) is 0.216. The Kier molecular flexibility index (Phi) is 8.94. The highest BCUT2D eigenvalue weighted by Crippen LogP contribution is 2.36. The topological polar surface area (TPSA) is 108 Å². The van der Waals surface area contributed by atoms with Crippen LogP contribution in [0.2, 0.25) is 10.0 Å². The Balaban J connectivity index is 1.22. The lowest BCUT2D eigenvalue weighted by Crippen LogP contribution is -2.46. The van der Waals surface area contributed by atoms with Gasteiger partial charge in [-0.25, -0.2) is 9.37 Å². The molecule has 0 N–H and O–H groups in total. The summed E-state index contributed by atoms with van der Waals surface area (Å²) in [4.78, 5) is 20.6. The molecule has 3 heterocycles. The zero-order valence-electron chi connectivity index (χ0n) is 23.6. The van der Waals surface area contributed by atoms with Gasteiger partial charge in [0.05, 0.1) is 15.8 Å². The summed E-state index contributed by atoms with van der Waals surface area (Å²) in [5.74, 6) is -0.565. The van der Waals surface area contributed by atoms with Crippen molar-refractivity contribution in [3.05, 3.63) is 99.7 Å². The van der Waals surface area contributed by atoms with E-state index in [1.165, 1.54) is 35.8 Å². The van der Waals surface area contributed by atoms with Crippen LogP contribution in [0, 0.1) is 5.82 Å². The van der Waals surface area contributed by atoms with E-state index in [0.29, 0.717) is 35.2 Å². The number of thiazole rings is 1. The average molecular weight is 710 g/mol. The largest absolute Gasteiger partial charge is 0.311 e. The Morgan fingerprint density at radius 3 is 2.09 bits per heavy atom. The number of carbonyl (C=O) groups is 1. The Bertz CT molecular complexity index is 1910. The number of aromatic nitrogens is 1. The molecule has 2 fully saturated rings. The molecule has 2 atom stereocenters. The van der Waals surface area contributed by atoms with Gasteiger partial charge < -0.3 is 4.90 Å². The first-order chi connectivity index (χ1) is 21.4. The standard InChI is InChI=1S/C30H27Cl2FN4O5S3/c31-22-16-21(17-23(32)18-22)20-2-1-13-35(19-20)28-11-14-36(29(28)38)25-5-9-27(10-6-25)45(41,42)37(30-34-12-15-43-30)44(39,40)26-7-3-24(33)4-8-26/h3-10,12,15-18,20,28H,1-2,11,13-14,19H2/t20?,28-/m0/s1. The Morgan fingerprint density at radius 2 is 1.49 bits per heavy atom. The second kappa shape index (κ2) is 12.6. The first kappa shape index (κ1) is 31.9. The van der Waals surface area contributed by atoms with Crippen LogP contribution in [-0.4, -0.2) is 58.3 Å². The summed E-state index contributed by atoms with van der Waals surface area (Å²) < 4.78 is 68.4. The number of sulfonamides is 2. The summed E-state index contributed by atoms with van der Waals surface area (Å²) in [6, 6.07) is 14.6. The van der Waals surface area contributed by atoms with Gasteiger partial charge in [0.15, 0.2) is 0 Å². The molecule has 2 aliphatic rings. The number of nitrogens with zero attached hydrogens (tertiary/aromatic N) is 4. The number of rotatable bonds is 8. The first-order valence-corrected chi connectivity index (χ1v) is 18.5. The van der Waals surface area contributed by atoms with Gasteiger partial charge in [-0.2, -0.15) is 16.8 Å². The molecule has 1 unspecified atom stereocenters. The van der Waals surface area contributed by atoms with Crippen LogP contribution >= 0.6 is 34.5 Å². The molecule has 236 valence electrons. The number of piperidine rings is 1. The van der Waals surface area contributed by atoms with Crippen molar-refractivity contribution >= 4 is 71.3 Å². The van der Waals surface area contributed by atoms with Gasteiger partial charge >= 0.3 is 0 Å². The van der Waals surface area contributed by atoms with Crippen molar-refractivity contribution in [2.24, 2.45) is 0 Å². The van der Waals surface area contributed by atoms with Gasteiger partial charge in [0.2, 0.25) is 11.0 Å². The summed E-state index contributed by atoms with van der Waals surface area (Å²) in [5, 5.41) is 2.31. The zero-order valence-corrected chi connectivity index (χ0v) is 27.6. The summed E-state index contributed by atoms with van der Waals surface area (Å²) in [6.45, 7) is 1.92. The predicted molar refractivity (Wildman–Crippen MR) is 173 cm³/mol. The minimum atomic E-state index is -4.69. The Hall–Kier alpha value is -3.07. The second-order valence-electron chi connectivity index (χ2n) is 10.8. The van der Waals surface area contributed by atoms with Crippen LogP contribution in [0.25, 0.3) is 0 Å². The summed E-state index contributed by atoms with van der Waals surface area (Å²) in [7, 11) is -9.38. The van der Waals surface area contributed by atoms with Gasteiger partial charge in [-0.05, 0) is 104 Å². The molecule has 9 nitrogen and oxygen atoms in total. The molecule has 0 spiro atoms. The number of anilines is 2. The molecule has 15 heteroatoms. The fourth-order valence-corrected chi connectivity index (χ4v) is 11.1. The fraction of sp³-hybridized carbons (Fsp3) is 0.267. The molecule has 2 saturated heterocycles. The number of amides is 1. The van der Waals surface area contributed by atoms with Gasteiger partial charge in [-0.3, -0.25) is 9.69 Å². The monoisotopic (exact) mass is 708 g/mol. The average Bonchev–Trinajstić information content (AvgIpc) is 3.67. The Labute approximate surface area is 274 Å². The van der Waals surface area contributed by atoms with Gasteiger partial charge in [-0.15, -0.1) is 15.0 Å². The van der Waals surface area contributed by atoms with Crippen molar-refractivity contribution in [2.45, 2.75) is 41.0 Å². The van der Waals surface area contributed by atoms with Crippen molar-refractivity contribution in [1.82, 2.24) is 9.88 Å². The van der Waals surface area contributed by atoms with E-state index in [-0.39, 0.29) is 31.6 Å². The number of halogens is 3. The number of hydrogen-bond acceptors (Lipinski definition) is 8. The minimum Gasteiger partial charge on any atom is -0.311 e. The fourth-order valence-electron chi connectivity index (χ4n) is 5.87. The van der Waals surface area contributed by atoms with E-state index in [9.17, 15) is 26.0 Å². The van der Waals surface area contributed by atoms with E-state index in [1.54, 1.807) is 11.0 Å². The maximum Gasteiger partial charge on any atom is 0.279 e. The lowest BCUT2D eigenvalue weighted by atomic mass is 9.89. The van der Waals surface area contributed by atoms with Crippen LogP contribution < -0.4 is 8.61 Å². The maximum atomic E-state index is 13.8. The lowest BCUT2D eigenvalue weighted by molar-refractivity contribution is -0.122. The zero-order chi connectivity index (χ0) is 31.9. The maximum absolute atomic E-state index is 13.8. The molecule has 0 radical (unpaired) electrons. The highest BCUT2D eigenvalue weighted by atomic mass is 35.5. The Morgan fingerprint density at radius 1 is 0.867 bits per heavy atom. The van der Waals surface area contributed by atoms with Crippen LogP contribution in [0.5, 0.6) is 0 Å². The van der Waals surface area contributed by atoms with Gasteiger partial charge in [0, 0.05) is 40.4 Å². The minimum absolute atomic E-state index is 0.0846. The second-order valence-corrected chi connectivity index (χ2v) is 16.4. The third-order valence-corrected chi connectivity index (χ3v) is 13.6. The van der Waals surface area contributed by atoms with Gasteiger partial charge in [-0.1, -0.05) is 23.2 Å². The molecule has 3 aromatic carbocycles. The van der Waals surface area contributed by atoms with E-state index in [1.807, 2.05) is 12.1 Å². The third-order valence-electron chi connectivity index (χ3n) is 8.00. The van der Waals surface area contributed by atoms with E-state index in [2.05, 4.69) is 9.88 Å². The number of carbonyl (C=O) groups excluding carboxylic acids is 1. The van der Waals surface area contributed by atoms with Gasteiger partial charge in [0.25, 0.3) is 20.0 Å². The molecule has 6 rings (SSSR count). The highest BCUT2D eigenvalue weighted by Gasteiger charge is 2.41. The summed E-state index contributed by atoms with van der Waals surface area (Å²) in [5.41, 5.74) is 1.54. The van der Waals surface area contributed by atoms with E-state index < -0.39 is 30.8 Å². The molecule has 0 bridgehead atoms. The van der Waals surface area contributed by atoms with Crippen LogP contribution in [-0.2, 0) is 24.8 Å². The third kappa shape index (κ3) is 6.34. The number of benzene rings is 3.